The van der Waals surface area contributed by atoms with Gasteiger partial charge in [0.05, 0.1) is 11.9 Å². The molecule has 0 radical (unpaired) electrons. The van der Waals surface area contributed by atoms with E-state index < -0.39 is 0 Å². The maximum absolute atomic E-state index is 12.7. The number of hydrogen-bond acceptors (Lipinski definition) is 5. The highest BCUT2D eigenvalue weighted by Gasteiger charge is 2.26. The van der Waals surface area contributed by atoms with Gasteiger partial charge in [-0.3, -0.25) is 14.9 Å². The number of piperidine rings is 1. The monoisotopic (exact) mass is 349 g/mol. The number of benzene rings is 1. The third kappa shape index (κ3) is 3.56. The third-order valence-electron chi connectivity index (χ3n) is 4.43. The molecule has 2 aromatic heterocycles. The number of amides is 1. The number of H-pyrrole nitrogens is 1. The smallest absolute Gasteiger partial charge is 0.271 e. The molecule has 4 rings (SSSR count). The quantitative estimate of drug-likeness (QED) is 0.782. The number of aromatic nitrogens is 4. The number of ether oxygens (including phenoxy) is 1. The Morgan fingerprint density at radius 1 is 1.15 bits per heavy atom. The van der Waals surface area contributed by atoms with Crippen LogP contribution in [-0.2, 0) is 0 Å². The number of likely N-dealkylation sites (tertiary alicyclic amines) is 1. The summed E-state index contributed by atoms with van der Waals surface area (Å²) >= 11 is 0. The van der Waals surface area contributed by atoms with Crippen molar-refractivity contribution in [2.24, 2.45) is 0 Å². The molecule has 0 unspecified atom stereocenters. The van der Waals surface area contributed by atoms with Crippen LogP contribution in [0.15, 0.2) is 55.0 Å². The van der Waals surface area contributed by atoms with Gasteiger partial charge in [0.25, 0.3) is 5.91 Å². The molecule has 0 spiro atoms. The highest BCUT2D eigenvalue weighted by molar-refractivity contribution is 5.93. The fourth-order valence-electron chi connectivity index (χ4n) is 3.05. The number of nitrogens with zero attached hydrogens (tertiary/aromatic N) is 4. The van der Waals surface area contributed by atoms with E-state index >= 15 is 0 Å². The number of aromatic amines is 1. The molecule has 1 aromatic carbocycles. The minimum absolute atomic E-state index is 0.0300. The van der Waals surface area contributed by atoms with Gasteiger partial charge in [-0.15, -0.1) is 0 Å². The zero-order valence-electron chi connectivity index (χ0n) is 14.2. The Balaban J connectivity index is 1.36. The van der Waals surface area contributed by atoms with Gasteiger partial charge in [-0.2, -0.15) is 5.10 Å². The maximum Gasteiger partial charge on any atom is 0.271 e. The second kappa shape index (κ2) is 7.35. The fraction of sp³-hybridized carbons (Fsp3) is 0.263. The molecular weight excluding hydrogens is 330 g/mol. The minimum atomic E-state index is -0.0300. The van der Waals surface area contributed by atoms with Crippen LogP contribution in [0.1, 0.15) is 23.3 Å². The predicted octanol–water partition coefficient (Wildman–Crippen LogP) is 2.55. The number of rotatable bonds is 4. The van der Waals surface area contributed by atoms with E-state index in [1.807, 2.05) is 35.2 Å². The Bertz CT molecular complexity index is 858. The lowest BCUT2D eigenvalue weighted by Crippen LogP contribution is -2.42. The summed E-state index contributed by atoms with van der Waals surface area (Å²) in [6, 6.07) is 11.6. The third-order valence-corrected chi connectivity index (χ3v) is 4.43. The number of hydrogen-bond donors (Lipinski definition) is 1. The van der Waals surface area contributed by atoms with Crippen molar-refractivity contribution in [1.82, 2.24) is 25.1 Å². The zero-order chi connectivity index (χ0) is 17.8. The van der Waals surface area contributed by atoms with Crippen molar-refractivity contribution >= 4 is 5.91 Å². The van der Waals surface area contributed by atoms with Crippen LogP contribution >= 0.6 is 0 Å². The zero-order valence-corrected chi connectivity index (χ0v) is 14.2. The molecule has 7 heteroatoms. The number of carbonyl (C=O) groups excluding carboxylic acids is 1. The van der Waals surface area contributed by atoms with Crippen molar-refractivity contribution in [1.29, 1.82) is 0 Å². The highest BCUT2D eigenvalue weighted by Crippen LogP contribution is 2.20. The van der Waals surface area contributed by atoms with Crippen molar-refractivity contribution in [3.8, 4) is 17.1 Å². The minimum Gasteiger partial charge on any atom is -0.473 e. The molecule has 0 aliphatic carbocycles. The van der Waals surface area contributed by atoms with Crippen molar-refractivity contribution in [3.63, 3.8) is 0 Å². The Morgan fingerprint density at radius 2 is 1.96 bits per heavy atom. The molecule has 0 bridgehead atoms. The molecule has 1 aliphatic heterocycles. The lowest BCUT2D eigenvalue weighted by Gasteiger charge is -2.31. The Morgan fingerprint density at radius 3 is 2.69 bits per heavy atom. The van der Waals surface area contributed by atoms with Crippen molar-refractivity contribution in [2.75, 3.05) is 13.1 Å². The summed E-state index contributed by atoms with van der Waals surface area (Å²) in [6.45, 7) is 1.28. The molecule has 1 saturated heterocycles. The molecule has 132 valence electrons. The van der Waals surface area contributed by atoms with Crippen LogP contribution in [0.2, 0.25) is 0 Å². The topological polar surface area (TPSA) is 84.0 Å². The summed E-state index contributed by atoms with van der Waals surface area (Å²) in [5, 5.41) is 7.12. The van der Waals surface area contributed by atoms with Crippen LogP contribution in [0.4, 0.5) is 0 Å². The van der Waals surface area contributed by atoms with Crippen LogP contribution in [-0.4, -0.2) is 50.2 Å². The van der Waals surface area contributed by atoms with Crippen LogP contribution in [0.25, 0.3) is 11.3 Å². The first kappa shape index (κ1) is 16.3. The van der Waals surface area contributed by atoms with Gasteiger partial charge >= 0.3 is 0 Å². The van der Waals surface area contributed by atoms with E-state index in [1.165, 1.54) is 0 Å². The van der Waals surface area contributed by atoms with E-state index in [2.05, 4.69) is 20.2 Å². The first-order valence-electron chi connectivity index (χ1n) is 8.62. The van der Waals surface area contributed by atoms with Gasteiger partial charge in [0.2, 0.25) is 5.88 Å². The normalized spacial score (nSPS) is 15.0. The molecule has 1 fully saturated rings. The average Bonchev–Trinajstić information content (AvgIpc) is 3.20. The Hall–Kier alpha value is -3.22. The van der Waals surface area contributed by atoms with Crippen LogP contribution in [0, 0.1) is 0 Å². The second-order valence-corrected chi connectivity index (χ2v) is 6.19. The molecule has 7 nitrogen and oxygen atoms in total. The van der Waals surface area contributed by atoms with E-state index in [0.717, 1.165) is 24.1 Å². The molecule has 1 N–H and O–H groups in total. The molecule has 3 heterocycles. The van der Waals surface area contributed by atoms with Crippen LogP contribution in [0.5, 0.6) is 5.88 Å². The van der Waals surface area contributed by atoms with Gasteiger partial charge in [-0.1, -0.05) is 30.3 Å². The average molecular weight is 349 g/mol. The van der Waals surface area contributed by atoms with Gasteiger partial charge in [0.15, 0.2) is 0 Å². The predicted molar refractivity (Wildman–Crippen MR) is 95.6 cm³/mol. The molecule has 26 heavy (non-hydrogen) atoms. The summed E-state index contributed by atoms with van der Waals surface area (Å²) in [6.07, 6.45) is 6.41. The largest absolute Gasteiger partial charge is 0.473 e. The summed E-state index contributed by atoms with van der Waals surface area (Å²) in [7, 11) is 0. The van der Waals surface area contributed by atoms with Crippen molar-refractivity contribution in [2.45, 2.75) is 18.9 Å². The Kier molecular flexibility index (Phi) is 4.59. The summed E-state index contributed by atoms with van der Waals surface area (Å²) in [5.41, 5.74) is 2.27. The lowest BCUT2D eigenvalue weighted by molar-refractivity contribution is 0.0582. The number of carbonyl (C=O) groups is 1. The molecule has 0 atom stereocenters. The maximum atomic E-state index is 12.7. The molecule has 1 aliphatic rings. The Labute approximate surface area is 151 Å². The summed E-state index contributed by atoms with van der Waals surface area (Å²) in [5.74, 6) is 0.496. The van der Waals surface area contributed by atoms with Crippen molar-refractivity contribution < 1.29 is 9.53 Å². The van der Waals surface area contributed by atoms with E-state index in [0.29, 0.717) is 24.7 Å². The van der Waals surface area contributed by atoms with Gasteiger partial charge in [0.1, 0.15) is 11.8 Å². The first-order valence-corrected chi connectivity index (χ1v) is 8.62. The molecule has 0 saturated carbocycles. The highest BCUT2D eigenvalue weighted by atomic mass is 16.5. The summed E-state index contributed by atoms with van der Waals surface area (Å²) < 4.78 is 5.82. The molecular formula is C19H19N5O2. The SMILES string of the molecule is O=C(c1cc(-c2ccccc2)n[nH]1)N1CCC(Oc2cnccn2)CC1. The van der Waals surface area contributed by atoms with E-state index in [1.54, 1.807) is 24.7 Å². The van der Waals surface area contributed by atoms with E-state index in [4.69, 9.17) is 4.74 Å². The molecule has 1 amide bonds. The summed E-state index contributed by atoms with van der Waals surface area (Å²) in [4.78, 5) is 22.7. The van der Waals surface area contributed by atoms with Crippen LogP contribution in [0.3, 0.4) is 0 Å². The molecule has 3 aromatic rings. The van der Waals surface area contributed by atoms with E-state index in [9.17, 15) is 4.79 Å². The van der Waals surface area contributed by atoms with E-state index in [-0.39, 0.29) is 12.0 Å². The number of nitrogens with one attached hydrogen (secondary N) is 1. The fourth-order valence-corrected chi connectivity index (χ4v) is 3.05. The van der Waals surface area contributed by atoms with Crippen molar-refractivity contribution in [3.05, 3.63) is 60.7 Å². The standard InChI is InChI=1S/C19H19N5O2/c25-19(17-12-16(22-23-17)14-4-2-1-3-5-14)24-10-6-15(7-11-24)26-18-13-20-8-9-21-18/h1-5,8-9,12-13,15H,6-7,10-11H2,(H,22,23). The lowest BCUT2D eigenvalue weighted by atomic mass is 10.1. The van der Waals surface area contributed by atoms with Gasteiger partial charge in [-0.05, 0) is 6.07 Å². The van der Waals surface area contributed by atoms with Gasteiger partial charge in [0, 0.05) is 43.9 Å². The van der Waals surface area contributed by atoms with Gasteiger partial charge in [-0.25, -0.2) is 4.98 Å². The first-order chi connectivity index (χ1) is 12.8. The van der Waals surface area contributed by atoms with Gasteiger partial charge < -0.3 is 9.64 Å². The van der Waals surface area contributed by atoms with Crippen LogP contribution < -0.4 is 4.74 Å². The second-order valence-electron chi connectivity index (χ2n) is 6.19.